The molecule has 0 fully saturated rings. The minimum Gasteiger partial charge on any atom is -0.460 e. The second-order valence-electron chi connectivity index (χ2n) is 4.97. The Labute approximate surface area is 127 Å². The molecule has 0 saturated heterocycles. The van der Waals surface area contributed by atoms with Gasteiger partial charge in [0.1, 0.15) is 17.2 Å². The van der Waals surface area contributed by atoms with E-state index in [0.29, 0.717) is 11.3 Å². The van der Waals surface area contributed by atoms with E-state index in [4.69, 9.17) is 4.42 Å². The van der Waals surface area contributed by atoms with Crippen molar-refractivity contribution < 1.29 is 17.2 Å². The van der Waals surface area contributed by atoms with Gasteiger partial charge < -0.3 is 4.42 Å². The lowest BCUT2D eigenvalue weighted by Crippen LogP contribution is -2.26. The average molecular weight is 319 g/mol. The van der Waals surface area contributed by atoms with Gasteiger partial charge in [-0.2, -0.15) is 4.31 Å². The van der Waals surface area contributed by atoms with E-state index in [1.807, 2.05) is 30.3 Å². The smallest absolute Gasteiger partial charge is 0.243 e. The highest BCUT2D eigenvalue weighted by atomic mass is 32.2. The maximum atomic E-state index is 12.9. The summed E-state index contributed by atoms with van der Waals surface area (Å²) < 4.78 is 44.6. The molecule has 114 valence electrons. The topological polar surface area (TPSA) is 50.5 Å². The van der Waals surface area contributed by atoms with Crippen molar-refractivity contribution in [1.82, 2.24) is 4.31 Å². The van der Waals surface area contributed by atoms with Gasteiger partial charge in [0.2, 0.25) is 10.0 Å². The van der Waals surface area contributed by atoms with Gasteiger partial charge in [-0.1, -0.05) is 18.2 Å². The van der Waals surface area contributed by atoms with Crippen LogP contribution in [0.25, 0.3) is 11.0 Å². The molecule has 3 aromatic rings. The number of nitrogens with zero attached hydrogens (tertiary/aromatic N) is 1. The van der Waals surface area contributed by atoms with Gasteiger partial charge >= 0.3 is 0 Å². The third-order valence-corrected chi connectivity index (χ3v) is 5.19. The summed E-state index contributed by atoms with van der Waals surface area (Å²) in [5, 5.41) is 0.921. The summed E-state index contributed by atoms with van der Waals surface area (Å²) in [6.07, 6.45) is 0. The van der Waals surface area contributed by atoms with Crippen LogP contribution in [-0.2, 0) is 16.6 Å². The monoisotopic (exact) mass is 319 g/mol. The van der Waals surface area contributed by atoms with Crippen LogP contribution in [0.3, 0.4) is 0 Å². The van der Waals surface area contributed by atoms with Crippen molar-refractivity contribution in [3.63, 3.8) is 0 Å². The standard InChI is InChI=1S/C16H14FNO3S/c1-18(22(19,20)15-8-6-13(17)7-9-15)11-14-10-12-4-2-3-5-16(12)21-14/h2-10H,11H2,1H3. The quantitative estimate of drug-likeness (QED) is 0.740. The van der Waals surface area contributed by atoms with E-state index >= 15 is 0 Å². The van der Waals surface area contributed by atoms with Gasteiger partial charge in [0.05, 0.1) is 11.4 Å². The Balaban J connectivity index is 1.86. The van der Waals surface area contributed by atoms with Gasteiger partial charge in [-0.05, 0) is 36.4 Å². The fourth-order valence-corrected chi connectivity index (χ4v) is 3.34. The molecule has 0 bridgehead atoms. The number of rotatable bonds is 4. The Kier molecular flexibility index (Phi) is 3.72. The number of sulfonamides is 1. The van der Waals surface area contributed by atoms with E-state index in [9.17, 15) is 12.8 Å². The summed E-state index contributed by atoms with van der Waals surface area (Å²) >= 11 is 0. The van der Waals surface area contributed by atoms with Gasteiger partial charge in [0.15, 0.2) is 0 Å². The lowest BCUT2D eigenvalue weighted by Gasteiger charge is -2.15. The van der Waals surface area contributed by atoms with Crippen molar-refractivity contribution in [2.24, 2.45) is 0 Å². The van der Waals surface area contributed by atoms with Gasteiger partial charge in [-0.3, -0.25) is 0 Å². The molecule has 4 nitrogen and oxygen atoms in total. The SMILES string of the molecule is CN(Cc1cc2ccccc2o1)S(=O)(=O)c1ccc(F)cc1. The van der Waals surface area contributed by atoms with E-state index in [1.165, 1.54) is 23.5 Å². The third-order valence-electron chi connectivity index (χ3n) is 3.38. The summed E-state index contributed by atoms with van der Waals surface area (Å²) in [5.74, 6) is 0.0771. The van der Waals surface area contributed by atoms with E-state index in [-0.39, 0.29) is 11.4 Å². The van der Waals surface area contributed by atoms with E-state index in [0.717, 1.165) is 17.5 Å². The highest BCUT2D eigenvalue weighted by Gasteiger charge is 2.22. The van der Waals surface area contributed by atoms with Crippen molar-refractivity contribution in [3.05, 3.63) is 66.2 Å². The summed E-state index contributed by atoms with van der Waals surface area (Å²) in [6.45, 7) is 0.106. The molecule has 0 amide bonds. The number of hydrogen-bond acceptors (Lipinski definition) is 3. The summed E-state index contributed by atoms with van der Waals surface area (Å²) in [4.78, 5) is 0.0486. The molecule has 0 atom stereocenters. The van der Waals surface area contributed by atoms with E-state index in [2.05, 4.69) is 0 Å². The first kappa shape index (κ1) is 14.7. The van der Waals surface area contributed by atoms with Crippen LogP contribution in [0.2, 0.25) is 0 Å². The predicted molar refractivity (Wildman–Crippen MR) is 81.3 cm³/mol. The molecule has 3 rings (SSSR count). The summed E-state index contributed by atoms with van der Waals surface area (Å²) in [5.41, 5.74) is 0.713. The van der Waals surface area contributed by atoms with Gasteiger partial charge in [-0.15, -0.1) is 0 Å². The Morgan fingerprint density at radius 1 is 1.09 bits per heavy atom. The highest BCUT2D eigenvalue weighted by Crippen LogP contribution is 2.22. The van der Waals surface area contributed by atoms with Crippen molar-refractivity contribution in [2.75, 3.05) is 7.05 Å². The fraction of sp³-hybridized carbons (Fsp3) is 0.125. The van der Waals surface area contributed by atoms with E-state index in [1.54, 1.807) is 0 Å². The van der Waals surface area contributed by atoms with Crippen LogP contribution >= 0.6 is 0 Å². The first-order chi connectivity index (χ1) is 10.5. The fourth-order valence-electron chi connectivity index (χ4n) is 2.21. The number of halogens is 1. The number of furan rings is 1. The van der Waals surface area contributed by atoms with Crippen molar-refractivity contribution in [2.45, 2.75) is 11.4 Å². The van der Waals surface area contributed by atoms with Gasteiger partial charge in [-0.25, -0.2) is 12.8 Å². The Bertz CT molecular complexity index is 868. The first-order valence-corrected chi connectivity index (χ1v) is 8.10. The molecule has 0 aliphatic heterocycles. The van der Waals surface area contributed by atoms with Crippen molar-refractivity contribution in [3.8, 4) is 0 Å². The van der Waals surface area contributed by atoms with Crippen LogP contribution < -0.4 is 0 Å². The van der Waals surface area contributed by atoms with E-state index < -0.39 is 15.8 Å². The Morgan fingerprint density at radius 2 is 1.77 bits per heavy atom. The van der Waals surface area contributed by atoms with Crippen LogP contribution in [0.1, 0.15) is 5.76 Å². The van der Waals surface area contributed by atoms with Gasteiger partial charge in [0.25, 0.3) is 0 Å². The first-order valence-electron chi connectivity index (χ1n) is 6.66. The maximum Gasteiger partial charge on any atom is 0.243 e. The van der Waals surface area contributed by atoms with Crippen LogP contribution in [0.5, 0.6) is 0 Å². The molecule has 6 heteroatoms. The molecular formula is C16H14FNO3S. The molecule has 1 heterocycles. The molecule has 0 saturated carbocycles. The lowest BCUT2D eigenvalue weighted by molar-refractivity contribution is 0.417. The number of hydrogen-bond donors (Lipinski definition) is 0. The average Bonchev–Trinajstić information content (AvgIpc) is 2.89. The van der Waals surface area contributed by atoms with Crippen LogP contribution in [0.4, 0.5) is 4.39 Å². The largest absolute Gasteiger partial charge is 0.460 e. The third kappa shape index (κ3) is 2.75. The lowest BCUT2D eigenvalue weighted by atomic mass is 10.2. The Morgan fingerprint density at radius 3 is 2.45 bits per heavy atom. The zero-order valence-electron chi connectivity index (χ0n) is 11.9. The summed E-state index contributed by atoms with van der Waals surface area (Å²) in [6, 6.07) is 14.0. The Hall–Kier alpha value is -2.18. The van der Waals surface area contributed by atoms with Crippen LogP contribution in [0.15, 0.2) is 63.9 Å². The molecule has 0 spiro atoms. The van der Waals surface area contributed by atoms with Gasteiger partial charge in [0, 0.05) is 12.4 Å². The number of fused-ring (bicyclic) bond motifs is 1. The summed E-state index contributed by atoms with van der Waals surface area (Å²) in [7, 11) is -2.22. The molecule has 0 radical (unpaired) electrons. The molecule has 22 heavy (non-hydrogen) atoms. The van der Waals surface area contributed by atoms with Crippen molar-refractivity contribution >= 4 is 21.0 Å². The molecule has 0 aliphatic rings. The maximum absolute atomic E-state index is 12.9. The molecule has 0 N–H and O–H groups in total. The predicted octanol–water partition coefficient (Wildman–Crippen LogP) is 3.39. The molecule has 2 aromatic carbocycles. The highest BCUT2D eigenvalue weighted by molar-refractivity contribution is 7.89. The molecule has 0 aliphatic carbocycles. The number of para-hydroxylation sites is 1. The minimum absolute atomic E-state index is 0.0486. The second-order valence-corrected chi connectivity index (χ2v) is 7.01. The van der Waals surface area contributed by atoms with Crippen LogP contribution in [-0.4, -0.2) is 19.8 Å². The number of benzene rings is 2. The molecule has 0 unspecified atom stereocenters. The zero-order valence-corrected chi connectivity index (χ0v) is 12.7. The minimum atomic E-state index is -3.68. The zero-order chi connectivity index (χ0) is 15.7. The molecule has 1 aromatic heterocycles. The molecular weight excluding hydrogens is 305 g/mol. The second kappa shape index (κ2) is 5.55. The normalized spacial score (nSPS) is 12.1. The van der Waals surface area contributed by atoms with Crippen LogP contribution in [0, 0.1) is 5.82 Å². The van der Waals surface area contributed by atoms with Crippen molar-refractivity contribution in [1.29, 1.82) is 0 Å².